The van der Waals surface area contributed by atoms with Crippen molar-refractivity contribution in [2.75, 3.05) is 59.9 Å². The number of ether oxygens (including phenoxy) is 6. The molecule has 2 aliphatic carbocycles. The van der Waals surface area contributed by atoms with Crippen molar-refractivity contribution in [1.82, 2.24) is 24.8 Å². The molecular formula is C56H60Cl4N10O11. The van der Waals surface area contributed by atoms with E-state index in [0.717, 1.165) is 16.5 Å². The smallest absolute Gasteiger partial charge is 0.308 e. The van der Waals surface area contributed by atoms with Gasteiger partial charge in [0.2, 0.25) is 11.9 Å². The summed E-state index contributed by atoms with van der Waals surface area (Å²) in [5.74, 6) is 8.35. The van der Waals surface area contributed by atoms with Gasteiger partial charge in [0, 0.05) is 65.1 Å². The third-order valence-electron chi connectivity index (χ3n) is 13.9. The number of nitrogens with zero attached hydrogens (tertiary/aromatic N) is 5. The second-order valence-corrected chi connectivity index (χ2v) is 20.0. The van der Waals surface area contributed by atoms with Crippen LogP contribution in [0, 0.1) is 11.8 Å². The summed E-state index contributed by atoms with van der Waals surface area (Å²) in [5.41, 5.74) is 10.9. The van der Waals surface area contributed by atoms with Crippen molar-refractivity contribution < 1.29 is 52.7 Å². The van der Waals surface area contributed by atoms with Crippen LogP contribution in [0.1, 0.15) is 53.3 Å². The number of anilines is 2. The number of imide groups is 1. The summed E-state index contributed by atoms with van der Waals surface area (Å²) in [5, 5.41) is 17.1. The number of hydrogen-bond donors (Lipinski definition) is 6. The molecule has 428 valence electrons. The largest absolute Gasteiger partial charge is 0.495 e. The molecule has 6 atom stereocenters. The molecule has 81 heavy (non-hydrogen) atoms. The number of aromatic nitrogens is 4. The summed E-state index contributed by atoms with van der Waals surface area (Å²) in [6.07, 6.45) is 5.09. The molecule has 25 heteroatoms. The second kappa shape index (κ2) is 27.4. The van der Waals surface area contributed by atoms with Gasteiger partial charge in [0.15, 0.2) is 0 Å². The molecule has 0 spiro atoms. The molecule has 6 unspecified atom stereocenters. The maximum absolute atomic E-state index is 13.3. The first kappa shape index (κ1) is 61.3. The van der Waals surface area contributed by atoms with Gasteiger partial charge in [0.25, 0.3) is 11.8 Å². The maximum Gasteiger partial charge on any atom is 0.308 e. The van der Waals surface area contributed by atoms with Crippen LogP contribution in [0.2, 0.25) is 20.1 Å². The highest BCUT2D eigenvalue weighted by molar-refractivity contribution is 6.42. The van der Waals surface area contributed by atoms with Gasteiger partial charge in [-0.3, -0.25) is 35.8 Å². The van der Waals surface area contributed by atoms with E-state index in [9.17, 15) is 19.2 Å². The van der Waals surface area contributed by atoms with Crippen LogP contribution >= 0.6 is 46.4 Å². The minimum atomic E-state index is -0.606. The third kappa shape index (κ3) is 12.9. The molecule has 0 saturated heterocycles. The molecule has 0 radical (unpaired) electrons. The minimum absolute atomic E-state index is 0.118. The normalized spacial score (nSPS) is 18.8. The van der Waals surface area contributed by atoms with Crippen LogP contribution < -0.4 is 47.0 Å². The van der Waals surface area contributed by atoms with Crippen LogP contribution in [0.5, 0.6) is 23.0 Å². The number of aliphatic hydroxyl groups excluding tert-OH is 1. The van der Waals surface area contributed by atoms with Crippen LogP contribution in [0.25, 0.3) is 44.1 Å². The van der Waals surface area contributed by atoms with Crippen molar-refractivity contribution in [1.29, 1.82) is 0 Å². The van der Waals surface area contributed by atoms with Crippen LogP contribution in [0.4, 0.5) is 11.9 Å². The lowest BCUT2D eigenvalue weighted by molar-refractivity contribution is -0.146. The number of aliphatic hydroxyl groups is 1. The summed E-state index contributed by atoms with van der Waals surface area (Å²) < 4.78 is 31.4. The number of hydrazine groups is 1. The second-order valence-electron chi connectivity index (χ2n) is 18.5. The number of amides is 2. The number of halogens is 4. The first-order chi connectivity index (χ1) is 39.0. The van der Waals surface area contributed by atoms with Gasteiger partial charge in [0.05, 0.1) is 109 Å². The predicted octanol–water partition coefficient (Wildman–Crippen LogP) is 8.78. The Kier molecular flexibility index (Phi) is 20.7. The number of esters is 2. The van der Waals surface area contributed by atoms with E-state index < -0.39 is 24.0 Å². The highest BCUT2D eigenvalue weighted by Gasteiger charge is 2.49. The van der Waals surface area contributed by atoms with Gasteiger partial charge >= 0.3 is 11.9 Å². The lowest BCUT2D eigenvalue weighted by Crippen LogP contribution is -2.47. The summed E-state index contributed by atoms with van der Waals surface area (Å²) in [4.78, 5) is 70.4. The summed E-state index contributed by atoms with van der Waals surface area (Å²) in [7, 11) is 8.80. The standard InChI is InChI=1S/C31H26Cl2N4O6.C23H24Cl2N4O4.C2H6O.H4N2/c1-41-23-13-24(42-2)27(33)25(26(23)32)15-8-9-20-17(10-15)14-34-31(35-20)36-21-11-16(30(40)43-3)12-22(21)37-28(38)18-6-4-5-7-19(18)29(37)39;1-31-17-9-18(32-2)21(25)19(20(17)24)11-4-5-15-13(6-11)10-27-23(28-15)29-16-8-12(7-14(16)26)22(30)33-3;1-2-3;1-2/h4-10,13-14,16,21-22H,11-12H2,1-3H3,(H,34,35,36);4-6,9-10,12,14,16H,7-8,26H2,1-3H3,(H,27,28,29);3H,2H2,1H3;1-2H2. The fourth-order valence-electron chi connectivity index (χ4n) is 10.0. The number of carbonyl (C=O) groups is 4. The Labute approximate surface area is 486 Å². The molecule has 0 bridgehead atoms. The lowest BCUT2D eigenvalue weighted by atomic mass is 10.0. The quantitative estimate of drug-likeness (QED) is 0.0272. The Morgan fingerprint density at radius 3 is 1.38 bits per heavy atom. The zero-order valence-electron chi connectivity index (χ0n) is 45.1. The zero-order valence-corrected chi connectivity index (χ0v) is 48.1. The maximum atomic E-state index is 13.3. The van der Waals surface area contributed by atoms with Gasteiger partial charge in [-0.05, 0) is 80.1 Å². The Balaban J connectivity index is 0.000000223. The molecule has 2 amide bonds. The average molecular weight is 1190 g/mol. The van der Waals surface area contributed by atoms with Crippen molar-refractivity contribution in [2.24, 2.45) is 29.3 Å². The fourth-order valence-corrected chi connectivity index (χ4v) is 11.5. The van der Waals surface area contributed by atoms with Crippen LogP contribution in [0.15, 0.2) is 85.2 Å². The SMILES string of the molecule is CCO.COC(=O)C1CC(N)C(Nc2ncc3cc(-c4c(Cl)c(OC)cc(OC)c4Cl)ccc3n2)C1.COC(=O)C1CC(Nc2ncc3cc(-c4c(Cl)c(OC)cc(OC)c4Cl)ccc3n2)C(N2C(=O)c3ccccc3C2=O)C1.NN. The van der Waals surface area contributed by atoms with E-state index in [1.54, 1.807) is 55.7 Å². The minimum Gasteiger partial charge on any atom is -0.495 e. The zero-order chi connectivity index (χ0) is 58.8. The van der Waals surface area contributed by atoms with Crippen molar-refractivity contribution in [3.8, 4) is 45.3 Å². The first-order valence-corrected chi connectivity index (χ1v) is 26.6. The van der Waals surface area contributed by atoms with Crippen molar-refractivity contribution >= 4 is 104 Å². The number of rotatable bonds is 13. The van der Waals surface area contributed by atoms with Gasteiger partial charge in [-0.1, -0.05) is 70.7 Å². The summed E-state index contributed by atoms with van der Waals surface area (Å²) in [6, 6.07) is 19.7. The van der Waals surface area contributed by atoms with Crippen molar-refractivity contribution in [3.63, 3.8) is 0 Å². The molecule has 9 N–H and O–H groups in total. The molecule has 7 aromatic rings. The molecular weight excluding hydrogens is 1130 g/mol. The first-order valence-electron chi connectivity index (χ1n) is 25.1. The number of nitrogens with one attached hydrogen (secondary N) is 2. The van der Waals surface area contributed by atoms with Gasteiger partial charge in [-0.15, -0.1) is 0 Å². The Bertz CT molecular complexity index is 3380. The van der Waals surface area contributed by atoms with Gasteiger partial charge in [-0.2, -0.15) is 0 Å². The summed E-state index contributed by atoms with van der Waals surface area (Å²) in [6.45, 7) is 1.93. The van der Waals surface area contributed by atoms with Gasteiger partial charge in [-0.25, -0.2) is 19.9 Å². The van der Waals surface area contributed by atoms with E-state index >= 15 is 0 Å². The molecule has 3 aliphatic rings. The van der Waals surface area contributed by atoms with Gasteiger partial charge in [0.1, 0.15) is 23.0 Å². The van der Waals surface area contributed by atoms with E-state index in [2.05, 4.69) is 42.3 Å². The number of nitrogens with two attached hydrogens (primary N) is 3. The Morgan fingerprint density at radius 1 is 0.605 bits per heavy atom. The Morgan fingerprint density at radius 2 is 0.988 bits per heavy atom. The predicted molar refractivity (Wildman–Crippen MR) is 310 cm³/mol. The number of benzene rings is 5. The monoisotopic (exact) mass is 1190 g/mol. The topological polar surface area (TPSA) is 301 Å². The molecule has 2 aromatic heterocycles. The fraction of sp³-hybridized carbons (Fsp3) is 0.321. The Hall–Kier alpha value is -7.34. The molecule has 2 fully saturated rings. The summed E-state index contributed by atoms with van der Waals surface area (Å²) >= 11 is 26.4. The van der Waals surface area contributed by atoms with E-state index in [1.807, 2.05) is 36.4 Å². The molecule has 1 aliphatic heterocycles. The van der Waals surface area contributed by atoms with E-state index in [1.165, 1.54) is 47.6 Å². The highest BCUT2D eigenvalue weighted by Crippen LogP contribution is 2.48. The number of hydrogen-bond acceptors (Lipinski definition) is 20. The molecule has 3 heterocycles. The lowest BCUT2D eigenvalue weighted by Gasteiger charge is -2.28. The van der Waals surface area contributed by atoms with Crippen LogP contribution in [-0.4, -0.2) is 127 Å². The third-order valence-corrected chi connectivity index (χ3v) is 15.4. The number of methoxy groups -OCH3 is 6. The highest BCUT2D eigenvalue weighted by atomic mass is 35.5. The molecule has 21 nitrogen and oxygen atoms in total. The van der Waals surface area contributed by atoms with E-state index in [4.69, 9.17) is 85.7 Å². The number of fused-ring (bicyclic) bond motifs is 3. The van der Waals surface area contributed by atoms with Gasteiger partial charge < -0.3 is 49.9 Å². The van der Waals surface area contributed by atoms with Crippen molar-refractivity contribution in [3.05, 3.63) is 116 Å². The van der Waals surface area contributed by atoms with Crippen molar-refractivity contribution in [2.45, 2.75) is 56.8 Å². The van der Waals surface area contributed by atoms with Crippen LogP contribution in [0.3, 0.4) is 0 Å². The van der Waals surface area contributed by atoms with E-state index in [-0.39, 0.29) is 54.8 Å². The molecule has 2 saturated carbocycles. The van der Waals surface area contributed by atoms with E-state index in [0.29, 0.717) is 107 Å². The van der Waals surface area contributed by atoms with Crippen LogP contribution in [-0.2, 0) is 19.1 Å². The average Bonchev–Trinajstić information content (AvgIpc) is 4.33. The molecule has 10 rings (SSSR count). The molecule has 5 aromatic carbocycles. The number of carbonyl (C=O) groups excluding carboxylic acids is 4.